The van der Waals surface area contributed by atoms with Crippen molar-refractivity contribution < 1.29 is 9.53 Å². The molecule has 0 saturated carbocycles. The van der Waals surface area contributed by atoms with Crippen molar-refractivity contribution in [2.75, 3.05) is 32.8 Å². The van der Waals surface area contributed by atoms with Gasteiger partial charge in [-0.1, -0.05) is 39.0 Å². The van der Waals surface area contributed by atoms with Crippen molar-refractivity contribution in [3.63, 3.8) is 0 Å². The third-order valence-corrected chi connectivity index (χ3v) is 4.93. The maximum absolute atomic E-state index is 12.6. The topological polar surface area (TPSA) is 45.7 Å². The normalized spacial score (nSPS) is 15.6. The number of nitrogens with zero attached hydrogens (tertiary/aromatic N) is 3. The first-order chi connectivity index (χ1) is 12.9. The lowest BCUT2D eigenvalue weighted by atomic mass is 9.86. The lowest BCUT2D eigenvalue weighted by Crippen LogP contribution is -2.49. The number of rotatable bonds is 5. The summed E-state index contributed by atoms with van der Waals surface area (Å²) in [6.45, 7) is 10.7. The molecule has 1 aromatic heterocycles. The average molecular weight is 367 g/mol. The van der Waals surface area contributed by atoms with Crippen molar-refractivity contribution in [1.29, 1.82) is 0 Å². The Morgan fingerprint density at radius 3 is 2.37 bits per heavy atom. The van der Waals surface area contributed by atoms with Gasteiger partial charge in [0.05, 0.1) is 0 Å². The van der Waals surface area contributed by atoms with E-state index >= 15 is 0 Å². The predicted molar refractivity (Wildman–Crippen MR) is 107 cm³/mol. The molecule has 1 fully saturated rings. The number of ether oxygens (including phenoxy) is 1. The van der Waals surface area contributed by atoms with Crippen LogP contribution < -0.4 is 4.74 Å². The van der Waals surface area contributed by atoms with E-state index in [1.54, 1.807) is 0 Å². The summed E-state index contributed by atoms with van der Waals surface area (Å²) in [6.07, 6.45) is 3.64. The van der Waals surface area contributed by atoms with E-state index in [2.05, 4.69) is 36.7 Å². The minimum atomic E-state index is -0.0156. The van der Waals surface area contributed by atoms with E-state index in [1.807, 2.05) is 47.6 Å². The number of carbonyl (C=O) groups is 1. The molecule has 1 saturated heterocycles. The molecule has 0 unspecified atom stereocenters. The third-order valence-electron chi connectivity index (χ3n) is 4.93. The number of hydrogen-bond donors (Lipinski definition) is 0. The monoisotopic (exact) mass is 367 g/mol. The summed E-state index contributed by atoms with van der Waals surface area (Å²) >= 11 is 0. The van der Waals surface area contributed by atoms with E-state index < -0.39 is 0 Å². The molecule has 27 heavy (non-hydrogen) atoms. The zero-order valence-corrected chi connectivity index (χ0v) is 16.5. The molecule has 0 bridgehead atoms. The summed E-state index contributed by atoms with van der Waals surface area (Å²) in [5, 5.41) is 0. The highest BCUT2D eigenvalue weighted by Crippen LogP contribution is 2.30. The van der Waals surface area contributed by atoms with Gasteiger partial charge in [0.25, 0.3) is 5.91 Å². The summed E-state index contributed by atoms with van der Waals surface area (Å²) < 4.78 is 5.89. The Bertz CT molecular complexity index is 748. The zero-order chi connectivity index (χ0) is 19.3. The fraction of sp³-hybridized carbons (Fsp3) is 0.455. The van der Waals surface area contributed by atoms with E-state index in [0.29, 0.717) is 0 Å². The predicted octanol–water partition coefficient (Wildman–Crippen LogP) is 3.10. The molecule has 2 heterocycles. The highest BCUT2D eigenvalue weighted by atomic mass is 16.5. The van der Waals surface area contributed by atoms with Crippen LogP contribution in [0.2, 0.25) is 0 Å². The molecule has 3 rings (SSSR count). The summed E-state index contributed by atoms with van der Waals surface area (Å²) in [4.78, 5) is 20.9. The minimum Gasteiger partial charge on any atom is -0.483 e. The van der Waals surface area contributed by atoms with Crippen LogP contribution in [0.25, 0.3) is 0 Å². The van der Waals surface area contributed by atoms with Crippen LogP contribution in [-0.2, 0) is 16.8 Å². The van der Waals surface area contributed by atoms with Crippen molar-refractivity contribution in [2.24, 2.45) is 0 Å². The van der Waals surface area contributed by atoms with E-state index in [1.165, 1.54) is 5.56 Å². The van der Waals surface area contributed by atoms with E-state index in [-0.39, 0.29) is 17.9 Å². The fourth-order valence-electron chi connectivity index (χ4n) is 3.34. The van der Waals surface area contributed by atoms with Crippen LogP contribution in [0.15, 0.2) is 48.8 Å². The van der Waals surface area contributed by atoms with Gasteiger partial charge in [-0.15, -0.1) is 0 Å². The van der Waals surface area contributed by atoms with E-state index in [9.17, 15) is 4.79 Å². The second-order valence-corrected chi connectivity index (χ2v) is 8.05. The van der Waals surface area contributed by atoms with Gasteiger partial charge in [-0.3, -0.25) is 14.7 Å². The molecule has 1 aromatic carbocycles. The molecular formula is C22H29N3O2. The van der Waals surface area contributed by atoms with Gasteiger partial charge < -0.3 is 9.64 Å². The first-order valence-corrected chi connectivity index (χ1v) is 9.55. The quantitative estimate of drug-likeness (QED) is 0.815. The van der Waals surface area contributed by atoms with Crippen molar-refractivity contribution in [1.82, 2.24) is 14.8 Å². The zero-order valence-electron chi connectivity index (χ0n) is 16.5. The molecule has 1 aliphatic rings. The lowest BCUT2D eigenvalue weighted by Gasteiger charge is -2.34. The van der Waals surface area contributed by atoms with Crippen LogP contribution in [0.5, 0.6) is 5.75 Å². The number of piperazine rings is 1. The molecule has 0 radical (unpaired) electrons. The van der Waals surface area contributed by atoms with Crippen molar-refractivity contribution >= 4 is 5.91 Å². The number of benzene rings is 1. The first kappa shape index (κ1) is 19.4. The van der Waals surface area contributed by atoms with Crippen LogP contribution in [0.3, 0.4) is 0 Å². The number of amides is 1. The van der Waals surface area contributed by atoms with Crippen molar-refractivity contribution in [3.8, 4) is 5.75 Å². The van der Waals surface area contributed by atoms with Crippen LogP contribution >= 0.6 is 0 Å². The number of para-hydroxylation sites is 1. The molecule has 2 aromatic rings. The maximum Gasteiger partial charge on any atom is 0.260 e. The summed E-state index contributed by atoms with van der Waals surface area (Å²) in [7, 11) is 0. The minimum absolute atomic E-state index is 0.0156. The van der Waals surface area contributed by atoms with Gasteiger partial charge >= 0.3 is 0 Å². The van der Waals surface area contributed by atoms with E-state index in [4.69, 9.17) is 4.74 Å². The molecule has 0 aliphatic carbocycles. The Balaban J connectivity index is 1.49. The van der Waals surface area contributed by atoms with Gasteiger partial charge in [-0.05, 0) is 34.7 Å². The number of carbonyl (C=O) groups excluding carboxylic acids is 1. The molecule has 1 aliphatic heterocycles. The Morgan fingerprint density at radius 1 is 1.04 bits per heavy atom. The number of pyridine rings is 1. The molecule has 144 valence electrons. The van der Waals surface area contributed by atoms with Crippen molar-refractivity contribution in [2.45, 2.75) is 32.7 Å². The van der Waals surface area contributed by atoms with Crippen LogP contribution in [0.4, 0.5) is 0 Å². The first-order valence-electron chi connectivity index (χ1n) is 9.55. The highest BCUT2D eigenvalue weighted by Gasteiger charge is 2.23. The standard InChI is InChI=1S/C22H29N3O2/c1-22(2,3)19-6-4-5-7-20(19)27-17-21(26)25-14-12-24(13-15-25)16-18-8-10-23-11-9-18/h4-11H,12-17H2,1-3H3. The largest absolute Gasteiger partial charge is 0.483 e. The summed E-state index contributed by atoms with van der Waals surface area (Å²) in [6, 6.07) is 12.1. The van der Waals surface area contributed by atoms with Gasteiger partial charge in [0.1, 0.15) is 5.75 Å². The highest BCUT2D eigenvalue weighted by molar-refractivity contribution is 5.78. The van der Waals surface area contributed by atoms with Gasteiger partial charge in [0, 0.05) is 45.1 Å². The molecular weight excluding hydrogens is 338 g/mol. The number of hydrogen-bond acceptors (Lipinski definition) is 4. The average Bonchev–Trinajstić information content (AvgIpc) is 2.67. The third kappa shape index (κ3) is 5.30. The molecule has 0 N–H and O–H groups in total. The lowest BCUT2D eigenvalue weighted by molar-refractivity contribution is -0.135. The van der Waals surface area contributed by atoms with Gasteiger partial charge in [0.15, 0.2) is 6.61 Å². The maximum atomic E-state index is 12.6. The molecule has 0 atom stereocenters. The molecule has 5 heteroatoms. The number of aromatic nitrogens is 1. The second-order valence-electron chi connectivity index (χ2n) is 8.05. The van der Waals surface area contributed by atoms with Gasteiger partial charge in [0.2, 0.25) is 0 Å². The molecule has 0 spiro atoms. The van der Waals surface area contributed by atoms with Gasteiger partial charge in [-0.25, -0.2) is 0 Å². The van der Waals surface area contributed by atoms with Gasteiger partial charge in [-0.2, -0.15) is 0 Å². The second kappa shape index (κ2) is 8.53. The van der Waals surface area contributed by atoms with E-state index in [0.717, 1.165) is 44.0 Å². The fourth-order valence-corrected chi connectivity index (χ4v) is 3.34. The smallest absolute Gasteiger partial charge is 0.260 e. The Morgan fingerprint density at radius 2 is 1.70 bits per heavy atom. The van der Waals surface area contributed by atoms with Crippen LogP contribution in [0.1, 0.15) is 31.9 Å². The van der Waals surface area contributed by atoms with Crippen molar-refractivity contribution in [3.05, 3.63) is 59.9 Å². The molecule has 1 amide bonds. The Hall–Kier alpha value is -2.40. The Labute approximate surface area is 162 Å². The summed E-state index contributed by atoms with van der Waals surface area (Å²) in [5.74, 6) is 0.858. The summed E-state index contributed by atoms with van der Waals surface area (Å²) in [5.41, 5.74) is 2.37. The SMILES string of the molecule is CC(C)(C)c1ccccc1OCC(=O)N1CCN(Cc2ccncc2)CC1. The Kier molecular flexibility index (Phi) is 6.11. The van der Waals surface area contributed by atoms with Crippen LogP contribution in [0, 0.1) is 0 Å². The molecule has 5 nitrogen and oxygen atoms in total. The van der Waals surface area contributed by atoms with Crippen LogP contribution in [-0.4, -0.2) is 53.5 Å².